The fourth-order valence-electron chi connectivity index (χ4n) is 3.62. The fraction of sp³-hybridized carbons (Fsp3) is 0.333. The normalized spacial score (nSPS) is 15.6. The second kappa shape index (κ2) is 7.11. The van der Waals surface area contributed by atoms with Crippen LogP contribution in [0.1, 0.15) is 25.0 Å². The molecular formula is C21H22ClNO2. The van der Waals surface area contributed by atoms with Crippen molar-refractivity contribution in [3.8, 4) is 16.9 Å². The summed E-state index contributed by atoms with van der Waals surface area (Å²) in [6.45, 7) is 3.12. The first-order valence-electron chi connectivity index (χ1n) is 8.82. The van der Waals surface area contributed by atoms with Gasteiger partial charge in [0.2, 0.25) is 0 Å². The van der Waals surface area contributed by atoms with Gasteiger partial charge < -0.3 is 9.15 Å². The van der Waals surface area contributed by atoms with Crippen molar-refractivity contribution < 1.29 is 9.15 Å². The van der Waals surface area contributed by atoms with Crippen LogP contribution >= 0.6 is 11.6 Å². The SMILES string of the molecule is COc1ccc2c(-c3ccc(Cl)cc3)c(CN3CCCCC3)oc2c1. The number of ether oxygens (including phenoxy) is 1. The van der Waals surface area contributed by atoms with Gasteiger partial charge in [-0.2, -0.15) is 0 Å². The molecule has 0 saturated carbocycles. The van der Waals surface area contributed by atoms with Gasteiger partial charge in [0, 0.05) is 22.0 Å². The second-order valence-corrected chi connectivity index (χ2v) is 7.04. The summed E-state index contributed by atoms with van der Waals surface area (Å²) in [6.07, 6.45) is 3.87. The summed E-state index contributed by atoms with van der Waals surface area (Å²) in [5.74, 6) is 1.83. The molecule has 1 fully saturated rings. The third kappa shape index (κ3) is 3.39. The molecule has 1 aliphatic heterocycles. The number of benzene rings is 2. The second-order valence-electron chi connectivity index (χ2n) is 6.61. The number of fused-ring (bicyclic) bond motifs is 1. The summed E-state index contributed by atoms with van der Waals surface area (Å²) in [5, 5.41) is 1.87. The Morgan fingerprint density at radius 1 is 1.04 bits per heavy atom. The lowest BCUT2D eigenvalue weighted by Gasteiger charge is -2.25. The summed E-state index contributed by atoms with van der Waals surface area (Å²) < 4.78 is 11.6. The standard InChI is InChI=1S/C21H22ClNO2/c1-24-17-9-10-18-19(13-17)25-20(14-23-11-3-2-4-12-23)21(18)15-5-7-16(22)8-6-15/h5-10,13H,2-4,11-12,14H2,1H3. The number of rotatable bonds is 4. The van der Waals surface area contributed by atoms with E-state index in [0.29, 0.717) is 0 Å². The first-order valence-corrected chi connectivity index (χ1v) is 9.20. The van der Waals surface area contributed by atoms with Crippen LogP contribution < -0.4 is 4.74 Å². The molecule has 0 N–H and O–H groups in total. The van der Waals surface area contributed by atoms with Crippen LogP contribution in [0.2, 0.25) is 5.02 Å². The molecular weight excluding hydrogens is 334 g/mol. The highest BCUT2D eigenvalue weighted by atomic mass is 35.5. The lowest BCUT2D eigenvalue weighted by molar-refractivity contribution is 0.207. The van der Waals surface area contributed by atoms with Gasteiger partial charge in [-0.3, -0.25) is 4.90 Å². The minimum atomic E-state index is 0.746. The molecule has 2 heterocycles. The lowest BCUT2D eigenvalue weighted by Crippen LogP contribution is -2.29. The number of furan rings is 1. The summed E-state index contributed by atoms with van der Waals surface area (Å²) in [7, 11) is 1.68. The summed E-state index contributed by atoms with van der Waals surface area (Å²) in [4.78, 5) is 2.48. The Morgan fingerprint density at radius 2 is 1.80 bits per heavy atom. The molecule has 4 rings (SSSR count). The Bertz CT molecular complexity index is 863. The zero-order valence-corrected chi connectivity index (χ0v) is 15.2. The maximum absolute atomic E-state index is 6.27. The van der Waals surface area contributed by atoms with E-state index in [0.717, 1.165) is 52.7 Å². The van der Waals surface area contributed by atoms with Crippen molar-refractivity contribution in [2.24, 2.45) is 0 Å². The van der Waals surface area contributed by atoms with E-state index in [9.17, 15) is 0 Å². The molecule has 1 aromatic heterocycles. The number of hydrogen-bond acceptors (Lipinski definition) is 3. The number of halogens is 1. The Kier molecular flexibility index (Phi) is 4.69. The van der Waals surface area contributed by atoms with Gasteiger partial charge in [0.15, 0.2) is 0 Å². The van der Waals surface area contributed by atoms with Crippen molar-refractivity contribution in [2.45, 2.75) is 25.8 Å². The first kappa shape index (κ1) is 16.5. The summed E-state index contributed by atoms with van der Waals surface area (Å²) >= 11 is 6.08. The van der Waals surface area contributed by atoms with Gasteiger partial charge in [-0.1, -0.05) is 30.2 Å². The molecule has 0 radical (unpaired) electrons. The molecule has 1 saturated heterocycles. The van der Waals surface area contributed by atoms with E-state index in [1.165, 1.54) is 24.8 Å². The van der Waals surface area contributed by atoms with Gasteiger partial charge in [-0.25, -0.2) is 0 Å². The van der Waals surface area contributed by atoms with Crippen molar-refractivity contribution in [2.75, 3.05) is 20.2 Å². The van der Waals surface area contributed by atoms with Crippen molar-refractivity contribution in [3.63, 3.8) is 0 Å². The maximum Gasteiger partial charge on any atom is 0.138 e. The number of piperidine rings is 1. The van der Waals surface area contributed by atoms with Crippen LogP contribution in [0.5, 0.6) is 5.75 Å². The zero-order chi connectivity index (χ0) is 17.2. The lowest BCUT2D eigenvalue weighted by atomic mass is 10.0. The van der Waals surface area contributed by atoms with Crippen LogP contribution in [0.15, 0.2) is 46.9 Å². The molecule has 0 spiro atoms. The molecule has 4 heteroatoms. The van der Waals surface area contributed by atoms with E-state index in [1.54, 1.807) is 7.11 Å². The highest BCUT2D eigenvalue weighted by Gasteiger charge is 2.20. The van der Waals surface area contributed by atoms with Gasteiger partial charge in [0.25, 0.3) is 0 Å². The molecule has 3 aromatic rings. The molecule has 0 unspecified atom stereocenters. The van der Waals surface area contributed by atoms with Gasteiger partial charge in [0.1, 0.15) is 17.1 Å². The van der Waals surface area contributed by atoms with Crippen LogP contribution in [0, 0.1) is 0 Å². The van der Waals surface area contributed by atoms with Crippen LogP contribution in [0.4, 0.5) is 0 Å². The summed E-state index contributed by atoms with van der Waals surface area (Å²) in [5.41, 5.74) is 3.18. The Hall–Kier alpha value is -1.97. The molecule has 0 aliphatic carbocycles. The molecule has 25 heavy (non-hydrogen) atoms. The predicted octanol–water partition coefficient (Wildman–Crippen LogP) is 5.75. The van der Waals surface area contributed by atoms with Gasteiger partial charge in [-0.15, -0.1) is 0 Å². The molecule has 3 nitrogen and oxygen atoms in total. The Morgan fingerprint density at radius 3 is 2.52 bits per heavy atom. The Labute approximate surface area is 153 Å². The van der Waals surface area contributed by atoms with Gasteiger partial charge >= 0.3 is 0 Å². The van der Waals surface area contributed by atoms with E-state index >= 15 is 0 Å². The highest BCUT2D eigenvalue weighted by molar-refractivity contribution is 6.30. The van der Waals surface area contributed by atoms with Crippen molar-refractivity contribution in [1.29, 1.82) is 0 Å². The number of likely N-dealkylation sites (tertiary alicyclic amines) is 1. The third-order valence-corrected chi connectivity index (χ3v) is 5.17. The Balaban J connectivity index is 1.81. The minimum Gasteiger partial charge on any atom is -0.497 e. The van der Waals surface area contributed by atoms with E-state index < -0.39 is 0 Å². The molecule has 1 aliphatic rings. The molecule has 2 aromatic carbocycles. The van der Waals surface area contributed by atoms with Crippen molar-refractivity contribution in [1.82, 2.24) is 4.90 Å². The molecule has 130 valence electrons. The van der Waals surface area contributed by atoms with E-state index in [-0.39, 0.29) is 0 Å². The van der Waals surface area contributed by atoms with E-state index in [1.807, 2.05) is 24.3 Å². The number of methoxy groups -OCH3 is 1. The van der Waals surface area contributed by atoms with Gasteiger partial charge in [-0.05, 0) is 55.8 Å². The monoisotopic (exact) mass is 355 g/mol. The quantitative estimate of drug-likeness (QED) is 0.596. The van der Waals surface area contributed by atoms with Crippen LogP contribution in [0.25, 0.3) is 22.1 Å². The summed E-state index contributed by atoms with van der Waals surface area (Å²) in [6, 6.07) is 14.0. The zero-order valence-electron chi connectivity index (χ0n) is 14.4. The third-order valence-electron chi connectivity index (χ3n) is 4.92. The number of hydrogen-bond donors (Lipinski definition) is 0. The van der Waals surface area contributed by atoms with Crippen molar-refractivity contribution >= 4 is 22.6 Å². The maximum atomic E-state index is 6.27. The number of nitrogens with zero attached hydrogens (tertiary/aromatic N) is 1. The van der Waals surface area contributed by atoms with Crippen LogP contribution in [-0.4, -0.2) is 25.1 Å². The van der Waals surface area contributed by atoms with E-state index in [4.69, 9.17) is 20.8 Å². The smallest absolute Gasteiger partial charge is 0.138 e. The molecule has 0 bridgehead atoms. The highest BCUT2D eigenvalue weighted by Crippen LogP contribution is 2.37. The van der Waals surface area contributed by atoms with Crippen molar-refractivity contribution in [3.05, 3.63) is 53.2 Å². The molecule has 0 atom stereocenters. The van der Waals surface area contributed by atoms with Crippen LogP contribution in [0.3, 0.4) is 0 Å². The first-order chi connectivity index (χ1) is 12.2. The average molecular weight is 356 g/mol. The topological polar surface area (TPSA) is 25.6 Å². The average Bonchev–Trinajstić information content (AvgIpc) is 3.00. The largest absolute Gasteiger partial charge is 0.497 e. The predicted molar refractivity (Wildman–Crippen MR) is 102 cm³/mol. The minimum absolute atomic E-state index is 0.746. The van der Waals surface area contributed by atoms with E-state index in [2.05, 4.69) is 23.1 Å². The van der Waals surface area contributed by atoms with Crippen LogP contribution in [-0.2, 0) is 6.54 Å². The molecule has 0 amide bonds. The fourth-order valence-corrected chi connectivity index (χ4v) is 3.75. The van der Waals surface area contributed by atoms with Gasteiger partial charge in [0.05, 0.1) is 13.7 Å².